The van der Waals surface area contributed by atoms with Crippen molar-refractivity contribution < 1.29 is 14.3 Å². The number of aryl methyl sites for hydroxylation is 1. The Bertz CT molecular complexity index is 475. The van der Waals surface area contributed by atoms with E-state index in [1.165, 1.54) is 0 Å². The Balaban J connectivity index is 2.70. The summed E-state index contributed by atoms with van der Waals surface area (Å²) in [5, 5.41) is 0. The minimum absolute atomic E-state index is 0.0255. The van der Waals surface area contributed by atoms with E-state index >= 15 is 0 Å². The van der Waals surface area contributed by atoms with Crippen LogP contribution in [0.2, 0.25) is 0 Å². The summed E-state index contributed by atoms with van der Waals surface area (Å²) in [6.45, 7) is 6.32. The Labute approximate surface area is 135 Å². The van der Waals surface area contributed by atoms with Gasteiger partial charge in [0, 0.05) is 10.5 Å². The van der Waals surface area contributed by atoms with Crippen LogP contribution in [0, 0.1) is 6.92 Å². The first kappa shape index (κ1) is 18.0. The van der Waals surface area contributed by atoms with E-state index in [9.17, 15) is 4.79 Å². The molecule has 0 saturated carbocycles. The van der Waals surface area contributed by atoms with Gasteiger partial charge in [-0.2, -0.15) is 0 Å². The van der Waals surface area contributed by atoms with E-state index in [0.29, 0.717) is 13.0 Å². The smallest absolute Gasteiger partial charge is 0.344 e. The number of carbonyl (C=O) groups excluding carboxylic acids is 1. The largest absolute Gasteiger partial charge is 0.481 e. The highest BCUT2D eigenvalue weighted by molar-refractivity contribution is 9.10. The van der Waals surface area contributed by atoms with Crippen molar-refractivity contribution in [2.45, 2.75) is 46.1 Å². The van der Waals surface area contributed by atoms with E-state index in [-0.39, 0.29) is 18.6 Å². The number of halogens is 1. The lowest BCUT2D eigenvalue weighted by Crippen LogP contribution is -2.20. The molecule has 1 aromatic rings. The molecule has 5 heteroatoms. The highest BCUT2D eigenvalue weighted by Crippen LogP contribution is 2.29. The lowest BCUT2D eigenvalue weighted by atomic mass is 10.0. The van der Waals surface area contributed by atoms with Crippen LogP contribution < -0.4 is 10.5 Å². The Kier molecular flexibility index (Phi) is 7.75. The van der Waals surface area contributed by atoms with Crippen LogP contribution in [0.5, 0.6) is 5.75 Å². The second kappa shape index (κ2) is 9.05. The van der Waals surface area contributed by atoms with Gasteiger partial charge in [0.2, 0.25) is 0 Å². The van der Waals surface area contributed by atoms with Crippen LogP contribution in [0.15, 0.2) is 16.6 Å². The first-order valence-electron chi connectivity index (χ1n) is 7.27. The molecule has 1 unspecified atom stereocenters. The third kappa shape index (κ3) is 6.48. The molecular weight excluding hydrogens is 334 g/mol. The zero-order valence-electron chi connectivity index (χ0n) is 12.9. The maximum atomic E-state index is 11.6. The molecule has 0 radical (unpaired) electrons. The molecule has 0 bridgehead atoms. The molecular formula is C16H24BrNO3. The van der Waals surface area contributed by atoms with Crippen LogP contribution in [0.4, 0.5) is 0 Å². The van der Waals surface area contributed by atoms with Crippen molar-refractivity contribution in [3.8, 4) is 5.75 Å². The van der Waals surface area contributed by atoms with Gasteiger partial charge in [0.05, 0.1) is 6.61 Å². The molecule has 1 atom stereocenters. The van der Waals surface area contributed by atoms with Gasteiger partial charge in [0.25, 0.3) is 0 Å². The lowest BCUT2D eigenvalue weighted by Gasteiger charge is -2.16. The zero-order chi connectivity index (χ0) is 15.8. The molecule has 0 aliphatic carbocycles. The number of nitrogens with two attached hydrogens (primary N) is 1. The summed E-state index contributed by atoms with van der Waals surface area (Å²) in [6.07, 6.45) is 2.57. The van der Waals surface area contributed by atoms with Crippen molar-refractivity contribution in [2.75, 3.05) is 13.2 Å². The fourth-order valence-corrected chi connectivity index (χ4v) is 2.63. The SMILES string of the molecule is CCCCOC(=O)COc1c(C)cc(Br)cc1CC(C)N. The lowest BCUT2D eigenvalue weighted by molar-refractivity contribution is -0.146. The summed E-state index contributed by atoms with van der Waals surface area (Å²) in [5.41, 5.74) is 7.84. The van der Waals surface area contributed by atoms with Gasteiger partial charge in [-0.05, 0) is 49.9 Å². The fourth-order valence-electron chi connectivity index (χ4n) is 2.01. The first-order valence-corrected chi connectivity index (χ1v) is 8.06. The van der Waals surface area contributed by atoms with Crippen LogP contribution in [0.1, 0.15) is 37.8 Å². The van der Waals surface area contributed by atoms with Gasteiger partial charge >= 0.3 is 5.97 Å². The van der Waals surface area contributed by atoms with E-state index in [4.69, 9.17) is 15.2 Å². The molecule has 0 aromatic heterocycles. The second-order valence-corrected chi connectivity index (χ2v) is 6.17. The molecule has 1 aromatic carbocycles. The minimum Gasteiger partial charge on any atom is -0.481 e. The van der Waals surface area contributed by atoms with Gasteiger partial charge in [-0.1, -0.05) is 29.3 Å². The Morgan fingerprint density at radius 3 is 2.76 bits per heavy atom. The van der Waals surface area contributed by atoms with Gasteiger partial charge in [0.15, 0.2) is 6.61 Å². The van der Waals surface area contributed by atoms with Crippen molar-refractivity contribution >= 4 is 21.9 Å². The van der Waals surface area contributed by atoms with Crippen molar-refractivity contribution in [3.63, 3.8) is 0 Å². The molecule has 21 heavy (non-hydrogen) atoms. The van der Waals surface area contributed by atoms with Gasteiger partial charge in [-0.3, -0.25) is 0 Å². The first-order chi connectivity index (χ1) is 9.93. The summed E-state index contributed by atoms with van der Waals surface area (Å²) >= 11 is 3.47. The van der Waals surface area contributed by atoms with Gasteiger partial charge in [-0.25, -0.2) is 4.79 Å². The number of benzene rings is 1. The molecule has 4 nitrogen and oxygen atoms in total. The number of unbranched alkanes of at least 4 members (excludes halogenated alkanes) is 1. The molecule has 2 N–H and O–H groups in total. The predicted octanol–water partition coefficient (Wildman–Crippen LogP) is 3.37. The van der Waals surface area contributed by atoms with Crippen molar-refractivity contribution in [3.05, 3.63) is 27.7 Å². The molecule has 118 valence electrons. The van der Waals surface area contributed by atoms with Crippen LogP contribution in [0.25, 0.3) is 0 Å². The number of rotatable bonds is 8. The summed E-state index contributed by atoms with van der Waals surface area (Å²) in [5.74, 6) is 0.389. The van der Waals surface area contributed by atoms with Crippen molar-refractivity contribution in [1.29, 1.82) is 0 Å². The van der Waals surface area contributed by atoms with E-state index < -0.39 is 0 Å². The third-order valence-electron chi connectivity index (χ3n) is 2.95. The van der Waals surface area contributed by atoms with Crippen molar-refractivity contribution in [2.24, 2.45) is 5.73 Å². The third-order valence-corrected chi connectivity index (χ3v) is 3.41. The van der Waals surface area contributed by atoms with Crippen LogP contribution in [-0.4, -0.2) is 25.2 Å². The molecule has 0 aliphatic heterocycles. The average Bonchev–Trinajstić information content (AvgIpc) is 2.37. The summed E-state index contributed by atoms with van der Waals surface area (Å²) in [4.78, 5) is 11.6. The summed E-state index contributed by atoms with van der Waals surface area (Å²) in [7, 11) is 0. The molecule has 1 rings (SSSR count). The van der Waals surface area contributed by atoms with Gasteiger partial charge in [0.1, 0.15) is 5.75 Å². The van der Waals surface area contributed by atoms with Crippen molar-refractivity contribution in [1.82, 2.24) is 0 Å². The number of hydrogen-bond donors (Lipinski definition) is 1. The Morgan fingerprint density at radius 2 is 2.14 bits per heavy atom. The minimum atomic E-state index is -0.336. The molecule has 0 aliphatic rings. The maximum Gasteiger partial charge on any atom is 0.344 e. The van der Waals surface area contributed by atoms with Crippen LogP contribution in [0.3, 0.4) is 0 Å². The second-order valence-electron chi connectivity index (χ2n) is 5.26. The normalized spacial score (nSPS) is 12.0. The average molecular weight is 358 g/mol. The highest BCUT2D eigenvalue weighted by Gasteiger charge is 2.13. The molecule has 0 heterocycles. The Morgan fingerprint density at radius 1 is 1.43 bits per heavy atom. The predicted molar refractivity (Wildman–Crippen MR) is 87.6 cm³/mol. The number of hydrogen-bond acceptors (Lipinski definition) is 4. The highest BCUT2D eigenvalue weighted by atomic mass is 79.9. The molecule has 0 spiro atoms. The van der Waals surface area contributed by atoms with Crippen LogP contribution in [-0.2, 0) is 16.0 Å². The fraction of sp³-hybridized carbons (Fsp3) is 0.562. The van der Waals surface area contributed by atoms with E-state index in [1.807, 2.05) is 26.0 Å². The number of ether oxygens (including phenoxy) is 2. The van der Waals surface area contributed by atoms with E-state index in [2.05, 4.69) is 22.9 Å². The maximum absolute atomic E-state index is 11.6. The number of carbonyl (C=O) groups is 1. The van der Waals surface area contributed by atoms with Gasteiger partial charge < -0.3 is 15.2 Å². The molecule has 0 fully saturated rings. The standard InChI is InChI=1S/C16H24BrNO3/c1-4-5-6-20-15(19)10-21-16-11(2)7-14(17)9-13(16)8-12(3)18/h7,9,12H,4-6,8,10,18H2,1-3H3. The molecule has 0 amide bonds. The topological polar surface area (TPSA) is 61.5 Å². The summed E-state index contributed by atoms with van der Waals surface area (Å²) in [6, 6.07) is 3.97. The zero-order valence-corrected chi connectivity index (χ0v) is 14.5. The van der Waals surface area contributed by atoms with E-state index in [0.717, 1.165) is 34.2 Å². The number of esters is 1. The molecule has 0 saturated heterocycles. The summed E-state index contributed by atoms with van der Waals surface area (Å²) < 4.78 is 11.7. The van der Waals surface area contributed by atoms with E-state index in [1.54, 1.807) is 0 Å². The quantitative estimate of drug-likeness (QED) is 0.572. The monoisotopic (exact) mass is 357 g/mol. The Hall–Kier alpha value is -1.07. The van der Waals surface area contributed by atoms with Gasteiger partial charge in [-0.15, -0.1) is 0 Å². The van der Waals surface area contributed by atoms with Crippen LogP contribution >= 0.6 is 15.9 Å².